The van der Waals surface area contributed by atoms with Gasteiger partial charge in [0.15, 0.2) is 0 Å². The van der Waals surface area contributed by atoms with E-state index >= 15 is 0 Å². The maximum absolute atomic E-state index is 14.3. The van der Waals surface area contributed by atoms with Gasteiger partial charge in [-0.2, -0.15) is 0 Å². The number of halogens is 1. The van der Waals surface area contributed by atoms with Crippen molar-refractivity contribution in [1.82, 2.24) is 10.2 Å². The molecule has 5 rings (SSSR count). The minimum absolute atomic E-state index is 0.0978. The number of aryl methyl sites for hydroxylation is 1. The second-order valence-electron chi connectivity index (χ2n) is 10.7. The van der Waals surface area contributed by atoms with Crippen molar-refractivity contribution in [2.45, 2.75) is 31.5 Å². The summed E-state index contributed by atoms with van der Waals surface area (Å²) in [6.07, 6.45) is 0. The van der Waals surface area contributed by atoms with Crippen LogP contribution < -0.4 is 15.4 Å². The van der Waals surface area contributed by atoms with Gasteiger partial charge in [-0.3, -0.25) is 9.59 Å². The van der Waals surface area contributed by atoms with Crippen molar-refractivity contribution in [2.24, 2.45) is 5.92 Å². The second kappa shape index (κ2) is 13.4. The first-order valence-corrected chi connectivity index (χ1v) is 14.3. The summed E-state index contributed by atoms with van der Waals surface area (Å²) in [5.41, 5.74) is 3.51. The number of anilines is 1. The first kappa shape index (κ1) is 30.3. The number of benzene rings is 4. The van der Waals surface area contributed by atoms with Crippen molar-refractivity contribution in [1.29, 1.82) is 0 Å². The number of hydrogen-bond donors (Lipinski definition) is 2. The van der Waals surface area contributed by atoms with Crippen molar-refractivity contribution < 1.29 is 28.2 Å². The SMILES string of the molecule is COC(=O)C1C(c2ccccc2)C(C(=O)NCc2ccc(F)cc2)N(C(=O)Nc2cccc(C)c2)C1c1ccc(OC)cc1. The first-order chi connectivity index (χ1) is 21.3. The number of likely N-dealkylation sites (tertiary alicyclic amines) is 1. The number of urea groups is 1. The van der Waals surface area contributed by atoms with Crippen molar-refractivity contribution >= 4 is 23.6 Å². The molecule has 1 saturated heterocycles. The number of methoxy groups -OCH3 is 2. The van der Waals surface area contributed by atoms with E-state index in [1.165, 1.54) is 24.1 Å². The maximum Gasteiger partial charge on any atom is 0.323 e. The van der Waals surface area contributed by atoms with E-state index in [0.29, 0.717) is 28.1 Å². The van der Waals surface area contributed by atoms with Crippen LogP contribution in [0.15, 0.2) is 103 Å². The molecule has 0 saturated carbocycles. The topological polar surface area (TPSA) is 97.0 Å². The Morgan fingerprint density at radius 3 is 2.18 bits per heavy atom. The summed E-state index contributed by atoms with van der Waals surface area (Å²) < 4.78 is 24.2. The van der Waals surface area contributed by atoms with Crippen LogP contribution in [0.1, 0.15) is 34.2 Å². The first-order valence-electron chi connectivity index (χ1n) is 14.3. The molecule has 0 aromatic heterocycles. The van der Waals surface area contributed by atoms with Crippen LogP contribution in [0, 0.1) is 18.7 Å². The molecule has 0 spiro atoms. The Morgan fingerprint density at radius 2 is 1.55 bits per heavy atom. The number of hydrogen-bond acceptors (Lipinski definition) is 5. The van der Waals surface area contributed by atoms with E-state index < -0.39 is 41.8 Å². The highest BCUT2D eigenvalue weighted by atomic mass is 19.1. The van der Waals surface area contributed by atoms with Crippen molar-refractivity contribution in [3.8, 4) is 5.75 Å². The molecule has 1 fully saturated rings. The summed E-state index contributed by atoms with van der Waals surface area (Å²) in [6, 6.07) is 26.8. The minimum Gasteiger partial charge on any atom is -0.497 e. The van der Waals surface area contributed by atoms with Gasteiger partial charge in [-0.25, -0.2) is 9.18 Å². The molecule has 0 bridgehead atoms. The molecule has 3 amide bonds. The minimum atomic E-state index is -1.11. The molecule has 1 aliphatic rings. The van der Waals surface area contributed by atoms with E-state index in [4.69, 9.17) is 9.47 Å². The van der Waals surface area contributed by atoms with Crippen LogP contribution >= 0.6 is 0 Å². The standard InChI is InChI=1S/C35H34FN3O5/c1-22-8-7-11-27(20-22)38-35(42)39-31(25-14-18-28(43-2)19-15-25)30(34(41)44-3)29(24-9-5-4-6-10-24)32(39)33(40)37-21-23-12-16-26(36)17-13-23/h4-20,29-32H,21H2,1-3H3,(H,37,40)(H,38,42). The Bertz CT molecular complexity index is 1610. The van der Waals surface area contributed by atoms with Gasteiger partial charge in [0.1, 0.15) is 17.6 Å². The third-order valence-corrected chi connectivity index (χ3v) is 7.93. The molecule has 4 atom stereocenters. The van der Waals surface area contributed by atoms with Crippen molar-refractivity contribution in [2.75, 3.05) is 19.5 Å². The molecule has 1 aliphatic heterocycles. The number of ether oxygens (including phenoxy) is 2. The summed E-state index contributed by atoms with van der Waals surface area (Å²) >= 11 is 0. The summed E-state index contributed by atoms with van der Waals surface area (Å²) in [6.45, 7) is 2.01. The Hall–Kier alpha value is -5.18. The molecule has 4 aromatic rings. The van der Waals surface area contributed by atoms with Gasteiger partial charge in [-0.05, 0) is 65.6 Å². The average Bonchev–Trinajstić information content (AvgIpc) is 3.41. The third kappa shape index (κ3) is 6.41. The third-order valence-electron chi connectivity index (χ3n) is 7.93. The lowest BCUT2D eigenvalue weighted by atomic mass is 9.79. The Morgan fingerprint density at radius 1 is 0.841 bits per heavy atom. The summed E-state index contributed by atoms with van der Waals surface area (Å²) in [5, 5.41) is 5.88. The molecule has 8 nitrogen and oxygen atoms in total. The van der Waals surface area contributed by atoms with Crippen LogP contribution in [0.3, 0.4) is 0 Å². The van der Waals surface area contributed by atoms with Crippen LogP contribution in [-0.2, 0) is 20.9 Å². The molecule has 4 unspecified atom stereocenters. The van der Waals surface area contributed by atoms with E-state index in [1.807, 2.05) is 55.5 Å². The fraction of sp³-hybridized carbons (Fsp3) is 0.229. The monoisotopic (exact) mass is 595 g/mol. The van der Waals surface area contributed by atoms with Crippen molar-refractivity contribution in [3.63, 3.8) is 0 Å². The highest BCUT2D eigenvalue weighted by Crippen LogP contribution is 2.51. The zero-order valence-electron chi connectivity index (χ0n) is 24.7. The molecule has 9 heteroatoms. The smallest absolute Gasteiger partial charge is 0.323 e. The predicted octanol–water partition coefficient (Wildman–Crippen LogP) is 5.99. The fourth-order valence-electron chi connectivity index (χ4n) is 5.91. The van der Waals surface area contributed by atoms with Gasteiger partial charge in [-0.15, -0.1) is 0 Å². The predicted molar refractivity (Wildman–Crippen MR) is 164 cm³/mol. The van der Waals surface area contributed by atoms with E-state index in [2.05, 4.69) is 10.6 Å². The van der Waals surface area contributed by atoms with Gasteiger partial charge in [-0.1, -0.05) is 66.7 Å². The number of carbonyl (C=O) groups excluding carboxylic acids is 3. The zero-order valence-corrected chi connectivity index (χ0v) is 24.7. The van der Waals surface area contributed by atoms with E-state index in [9.17, 15) is 18.8 Å². The molecule has 4 aromatic carbocycles. The van der Waals surface area contributed by atoms with E-state index in [0.717, 1.165) is 5.56 Å². The molecule has 44 heavy (non-hydrogen) atoms. The summed E-state index contributed by atoms with van der Waals surface area (Å²) in [7, 11) is 2.85. The Labute approximate surface area is 255 Å². The molecule has 1 heterocycles. The van der Waals surface area contributed by atoms with Crippen LogP contribution in [-0.4, -0.2) is 43.1 Å². The van der Waals surface area contributed by atoms with Gasteiger partial charge < -0.3 is 25.0 Å². The number of nitrogens with zero attached hydrogens (tertiary/aromatic N) is 1. The molecule has 226 valence electrons. The lowest BCUT2D eigenvalue weighted by Gasteiger charge is -2.31. The zero-order chi connectivity index (χ0) is 31.2. The number of nitrogens with one attached hydrogen (secondary N) is 2. The largest absolute Gasteiger partial charge is 0.497 e. The van der Waals surface area contributed by atoms with Crippen LogP contribution in [0.4, 0.5) is 14.9 Å². The number of esters is 1. The quantitative estimate of drug-likeness (QED) is 0.244. The molecule has 0 radical (unpaired) electrons. The Kier molecular flexibility index (Phi) is 9.23. The summed E-state index contributed by atoms with van der Waals surface area (Å²) in [5.74, 6) is -2.49. The number of carbonyl (C=O) groups is 3. The Balaban J connectivity index is 1.64. The summed E-state index contributed by atoms with van der Waals surface area (Å²) in [4.78, 5) is 43.7. The van der Waals surface area contributed by atoms with Crippen LogP contribution in [0.2, 0.25) is 0 Å². The molecular weight excluding hydrogens is 561 g/mol. The fourth-order valence-corrected chi connectivity index (χ4v) is 5.91. The molecular formula is C35H34FN3O5. The van der Waals surface area contributed by atoms with Gasteiger partial charge in [0.25, 0.3) is 0 Å². The van der Waals surface area contributed by atoms with E-state index in [-0.39, 0.29) is 12.4 Å². The van der Waals surface area contributed by atoms with Crippen molar-refractivity contribution in [3.05, 3.63) is 131 Å². The van der Waals surface area contributed by atoms with E-state index in [1.54, 1.807) is 49.6 Å². The normalized spacial score (nSPS) is 19.2. The highest BCUT2D eigenvalue weighted by molar-refractivity contribution is 5.97. The highest BCUT2D eigenvalue weighted by Gasteiger charge is 2.58. The maximum atomic E-state index is 14.3. The lowest BCUT2D eigenvalue weighted by Crippen LogP contribution is -2.49. The second-order valence-corrected chi connectivity index (χ2v) is 10.7. The molecule has 0 aliphatic carbocycles. The van der Waals surface area contributed by atoms with Gasteiger partial charge in [0.2, 0.25) is 5.91 Å². The van der Waals surface area contributed by atoms with Gasteiger partial charge in [0.05, 0.1) is 26.2 Å². The van der Waals surface area contributed by atoms with Gasteiger partial charge >= 0.3 is 12.0 Å². The lowest BCUT2D eigenvalue weighted by molar-refractivity contribution is -0.146. The number of amides is 3. The van der Waals surface area contributed by atoms with Crippen LogP contribution in [0.25, 0.3) is 0 Å². The average molecular weight is 596 g/mol. The van der Waals surface area contributed by atoms with Gasteiger partial charge in [0, 0.05) is 18.2 Å². The number of rotatable bonds is 8. The molecule has 2 N–H and O–H groups in total. The van der Waals surface area contributed by atoms with Crippen LogP contribution in [0.5, 0.6) is 5.75 Å².